The lowest BCUT2D eigenvalue weighted by Crippen LogP contribution is -2.17. The van der Waals surface area contributed by atoms with Crippen LogP contribution in [-0.2, 0) is 4.57 Å². The Balaban J connectivity index is 2.00. The van der Waals surface area contributed by atoms with Gasteiger partial charge in [0.05, 0.1) is 0 Å². The fourth-order valence-electron chi connectivity index (χ4n) is 1.64. The Labute approximate surface area is 118 Å². The van der Waals surface area contributed by atoms with Crippen LogP contribution in [0.2, 0.25) is 0 Å². The highest BCUT2D eigenvalue weighted by atomic mass is 31.2. The molecule has 0 unspecified atom stereocenters. The van der Waals surface area contributed by atoms with E-state index in [1.165, 1.54) is 0 Å². The fourth-order valence-corrected chi connectivity index (χ4v) is 2.51. The zero-order chi connectivity index (χ0) is 14.6. The van der Waals surface area contributed by atoms with Crippen LogP contribution in [0.1, 0.15) is 0 Å². The number of amides is 1. The Morgan fingerprint density at radius 2 is 1.60 bits per heavy atom. The minimum Gasteiger partial charge on any atom is -0.410 e. The van der Waals surface area contributed by atoms with Crippen molar-refractivity contribution in [1.29, 1.82) is 0 Å². The molecule has 1 amide bonds. The third kappa shape index (κ3) is 3.97. The summed E-state index contributed by atoms with van der Waals surface area (Å²) in [5, 5.41) is 3.40. The Kier molecular flexibility index (Phi) is 4.26. The summed E-state index contributed by atoms with van der Waals surface area (Å²) in [5.41, 5.74) is 0.600. The van der Waals surface area contributed by atoms with Gasteiger partial charge in [-0.2, -0.15) is 0 Å². The van der Waals surface area contributed by atoms with E-state index in [4.69, 9.17) is 4.74 Å². The molecule has 2 aromatic carbocycles. The van der Waals surface area contributed by atoms with Crippen molar-refractivity contribution in [3.63, 3.8) is 0 Å². The van der Waals surface area contributed by atoms with Crippen LogP contribution in [0.15, 0.2) is 54.6 Å². The van der Waals surface area contributed by atoms with Gasteiger partial charge in [-0.3, -0.25) is 5.32 Å². The number of para-hydroxylation sites is 1. The van der Waals surface area contributed by atoms with Gasteiger partial charge in [0, 0.05) is 11.0 Å². The van der Waals surface area contributed by atoms with E-state index in [2.05, 4.69) is 5.32 Å². The largest absolute Gasteiger partial charge is 0.417 e. The number of anilines is 1. The molecular formula is C15H16NO3P. The van der Waals surface area contributed by atoms with E-state index in [9.17, 15) is 9.36 Å². The highest BCUT2D eigenvalue weighted by Crippen LogP contribution is 2.34. The number of ether oxygens (including phenoxy) is 1. The lowest BCUT2D eigenvalue weighted by molar-refractivity contribution is 0.215. The van der Waals surface area contributed by atoms with Crippen LogP contribution in [0.25, 0.3) is 0 Å². The summed E-state index contributed by atoms with van der Waals surface area (Å²) in [6.45, 7) is 3.41. The quantitative estimate of drug-likeness (QED) is 0.879. The Hall–Kier alpha value is -2.06. The van der Waals surface area contributed by atoms with E-state index >= 15 is 0 Å². The van der Waals surface area contributed by atoms with E-state index in [1.54, 1.807) is 61.9 Å². The van der Waals surface area contributed by atoms with Crippen LogP contribution in [0.3, 0.4) is 0 Å². The molecule has 0 spiro atoms. The zero-order valence-corrected chi connectivity index (χ0v) is 12.3. The molecule has 0 heterocycles. The van der Waals surface area contributed by atoms with Crippen LogP contribution in [0.4, 0.5) is 10.5 Å². The number of rotatable bonds is 3. The standard InChI is InChI=1S/C15H16NO3P/c1-20(2,18)14-10-8-12(9-11-14)16-15(17)19-13-6-4-3-5-7-13/h3-11H,1-2H3,(H,16,17). The van der Waals surface area contributed by atoms with Crippen molar-refractivity contribution in [2.45, 2.75) is 0 Å². The minimum atomic E-state index is -2.27. The van der Waals surface area contributed by atoms with Crippen LogP contribution in [-0.4, -0.2) is 19.4 Å². The first kappa shape index (κ1) is 14.4. The van der Waals surface area contributed by atoms with Gasteiger partial charge in [-0.15, -0.1) is 0 Å². The Bertz CT molecular complexity index is 632. The topological polar surface area (TPSA) is 55.4 Å². The first-order valence-electron chi connectivity index (χ1n) is 6.15. The monoisotopic (exact) mass is 289 g/mol. The summed E-state index contributed by atoms with van der Waals surface area (Å²) in [6, 6.07) is 15.7. The molecule has 0 radical (unpaired) electrons. The highest BCUT2D eigenvalue weighted by molar-refractivity contribution is 7.70. The molecular weight excluding hydrogens is 273 g/mol. The number of benzene rings is 2. The van der Waals surface area contributed by atoms with Crippen LogP contribution in [0, 0.1) is 0 Å². The van der Waals surface area contributed by atoms with Gasteiger partial charge in [0.2, 0.25) is 0 Å². The Morgan fingerprint density at radius 1 is 1.00 bits per heavy atom. The van der Waals surface area contributed by atoms with Crippen molar-refractivity contribution >= 4 is 24.2 Å². The molecule has 0 saturated heterocycles. The maximum absolute atomic E-state index is 11.9. The average molecular weight is 289 g/mol. The molecule has 0 aromatic heterocycles. The molecule has 0 bridgehead atoms. The highest BCUT2D eigenvalue weighted by Gasteiger charge is 2.11. The van der Waals surface area contributed by atoms with Gasteiger partial charge < -0.3 is 9.30 Å². The fraction of sp³-hybridized carbons (Fsp3) is 0.133. The van der Waals surface area contributed by atoms with Gasteiger partial charge in [0.25, 0.3) is 0 Å². The molecule has 5 heteroatoms. The molecule has 0 saturated carbocycles. The number of carbonyl (C=O) groups excluding carboxylic acids is 1. The molecule has 0 aliphatic carbocycles. The van der Waals surface area contributed by atoms with E-state index < -0.39 is 13.2 Å². The molecule has 2 rings (SSSR count). The van der Waals surface area contributed by atoms with E-state index in [1.807, 2.05) is 6.07 Å². The lowest BCUT2D eigenvalue weighted by Gasteiger charge is -2.09. The number of hydrogen-bond donors (Lipinski definition) is 1. The molecule has 1 N–H and O–H groups in total. The van der Waals surface area contributed by atoms with Crippen molar-refractivity contribution in [1.82, 2.24) is 0 Å². The number of hydrogen-bond acceptors (Lipinski definition) is 3. The number of carbonyl (C=O) groups is 1. The van der Waals surface area contributed by atoms with Crippen LogP contribution < -0.4 is 15.4 Å². The van der Waals surface area contributed by atoms with E-state index in [0.29, 0.717) is 11.4 Å². The van der Waals surface area contributed by atoms with Crippen molar-refractivity contribution in [2.24, 2.45) is 0 Å². The van der Waals surface area contributed by atoms with Crippen molar-refractivity contribution in [2.75, 3.05) is 18.6 Å². The summed E-state index contributed by atoms with van der Waals surface area (Å²) in [7, 11) is -2.27. The van der Waals surface area contributed by atoms with Crippen molar-refractivity contribution in [3.8, 4) is 5.75 Å². The summed E-state index contributed by atoms with van der Waals surface area (Å²) in [5.74, 6) is 0.480. The molecule has 20 heavy (non-hydrogen) atoms. The predicted molar refractivity (Wildman–Crippen MR) is 81.6 cm³/mol. The average Bonchev–Trinajstić information content (AvgIpc) is 2.39. The third-order valence-electron chi connectivity index (χ3n) is 2.69. The lowest BCUT2D eigenvalue weighted by atomic mass is 10.3. The maximum Gasteiger partial charge on any atom is 0.417 e. The molecule has 104 valence electrons. The van der Waals surface area contributed by atoms with Gasteiger partial charge in [-0.25, -0.2) is 4.79 Å². The number of nitrogens with one attached hydrogen (secondary N) is 1. The predicted octanol–water partition coefficient (Wildman–Crippen LogP) is 3.55. The molecule has 0 aliphatic heterocycles. The molecule has 2 aromatic rings. The van der Waals surface area contributed by atoms with Gasteiger partial charge >= 0.3 is 6.09 Å². The summed E-state index contributed by atoms with van der Waals surface area (Å²) in [4.78, 5) is 11.7. The SMILES string of the molecule is CP(C)(=O)c1ccc(NC(=O)Oc2ccccc2)cc1. The molecule has 4 nitrogen and oxygen atoms in total. The minimum absolute atomic E-state index is 0.480. The van der Waals surface area contributed by atoms with Gasteiger partial charge in [0.15, 0.2) is 0 Å². The summed E-state index contributed by atoms with van der Waals surface area (Å²) in [6.07, 6.45) is -0.555. The summed E-state index contributed by atoms with van der Waals surface area (Å²) < 4.78 is 17.0. The normalized spacial score (nSPS) is 10.9. The first-order chi connectivity index (χ1) is 9.45. The smallest absolute Gasteiger partial charge is 0.410 e. The summed E-state index contributed by atoms with van der Waals surface area (Å²) >= 11 is 0. The zero-order valence-electron chi connectivity index (χ0n) is 11.4. The third-order valence-corrected chi connectivity index (χ3v) is 4.23. The van der Waals surface area contributed by atoms with Crippen LogP contribution in [0.5, 0.6) is 5.75 Å². The molecule has 0 atom stereocenters. The second-order valence-corrected chi connectivity index (χ2v) is 7.94. The first-order valence-corrected chi connectivity index (χ1v) is 8.75. The van der Waals surface area contributed by atoms with Gasteiger partial charge in [-0.05, 0) is 49.7 Å². The molecule has 0 aliphatic rings. The Morgan fingerprint density at radius 3 is 2.15 bits per heavy atom. The second-order valence-electron chi connectivity index (χ2n) is 4.73. The van der Waals surface area contributed by atoms with Crippen LogP contribution >= 0.6 is 7.14 Å². The van der Waals surface area contributed by atoms with E-state index in [0.717, 1.165) is 5.30 Å². The van der Waals surface area contributed by atoms with Gasteiger partial charge in [-0.1, -0.05) is 18.2 Å². The maximum atomic E-state index is 11.9. The van der Waals surface area contributed by atoms with E-state index in [-0.39, 0.29) is 0 Å². The second kappa shape index (κ2) is 5.93. The van der Waals surface area contributed by atoms with Crippen molar-refractivity contribution < 1.29 is 14.1 Å². The molecule has 0 fully saturated rings. The van der Waals surface area contributed by atoms with Gasteiger partial charge in [0.1, 0.15) is 12.9 Å². The van der Waals surface area contributed by atoms with Crippen molar-refractivity contribution in [3.05, 3.63) is 54.6 Å².